The molecule has 0 saturated carbocycles. The van der Waals surface area contributed by atoms with Gasteiger partial charge in [0.25, 0.3) is 0 Å². The van der Waals surface area contributed by atoms with Crippen molar-refractivity contribution in [3.05, 3.63) is 58.7 Å². The van der Waals surface area contributed by atoms with Crippen molar-refractivity contribution in [3.63, 3.8) is 0 Å². The minimum atomic E-state index is 0.590. The largest absolute Gasteiger partial charge is 0.354 e. The van der Waals surface area contributed by atoms with Gasteiger partial charge in [-0.15, -0.1) is 0 Å². The van der Waals surface area contributed by atoms with E-state index >= 15 is 0 Å². The molecule has 6 nitrogen and oxygen atoms in total. The number of hydrogen-bond acceptors (Lipinski definition) is 6. The first-order chi connectivity index (χ1) is 13.5. The summed E-state index contributed by atoms with van der Waals surface area (Å²) >= 11 is 3.61. The Bertz CT molecular complexity index is 914. The Morgan fingerprint density at radius 1 is 1.04 bits per heavy atom. The fraction of sp³-hybridized carbons (Fsp3) is 0.286. The summed E-state index contributed by atoms with van der Waals surface area (Å²) in [4.78, 5) is 15.9. The zero-order valence-corrected chi connectivity index (χ0v) is 18.0. The highest BCUT2D eigenvalue weighted by Crippen LogP contribution is 2.28. The molecule has 2 N–H and O–H groups in total. The average molecular weight is 441 g/mol. The van der Waals surface area contributed by atoms with Crippen LogP contribution >= 0.6 is 15.9 Å². The van der Waals surface area contributed by atoms with Crippen LogP contribution in [0.15, 0.2) is 53.1 Å². The Kier molecular flexibility index (Phi) is 6.95. The van der Waals surface area contributed by atoms with Crippen LogP contribution in [0.1, 0.15) is 12.0 Å². The first kappa shape index (κ1) is 20.2. The van der Waals surface area contributed by atoms with Gasteiger partial charge in [-0.05, 0) is 79.7 Å². The summed E-state index contributed by atoms with van der Waals surface area (Å²) in [6.45, 7) is 3.88. The van der Waals surface area contributed by atoms with Crippen molar-refractivity contribution in [2.45, 2.75) is 13.3 Å². The van der Waals surface area contributed by atoms with Gasteiger partial charge in [-0.25, -0.2) is 4.98 Å². The Morgan fingerprint density at radius 2 is 1.89 bits per heavy atom. The molecule has 7 heteroatoms. The predicted molar refractivity (Wildman–Crippen MR) is 119 cm³/mol. The van der Waals surface area contributed by atoms with Crippen molar-refractivity contribution < 1.29 is 0 Å². The summed E-state index contributed by atoms with van der Waals surface area (Å²) in [6.07, 6.45) is 2.78. The van der Waals surface area contributed by atoms with E-state index in [4.69, 9.17) is 0 Å². The minimum Gasteiger partial charge on any atom is -0.354 e. The lowest BCUT2D eigenvalue weighted by atomic mass is 10.2. The highest BCUT2D eigenvalue weighted by Gasteiger charge is 2.09. The molecule has 0 fully saturated rings. The lowest BCUT2D eigenvalue weighted by molar-refractivity contribution is 0.405. The van der Waals surface area contributed by atoms with Crippen LogP contribution in [0.4, 0.5) is 17.5 Å². The van der Waals surface area contributed by atoms with E-state index in [0.717, 1.165) is 46.9 Å². The van der Waals surface area contributed by atoms with E-state index in [2.05, 4.69) is 79.6 Å². The van der Waals surface area contributed by atoms with Gasteiger partial charge in [0.15, 0.2) is 0 Å². The Hall–Kier alpha value is -2.51. The molecule has 0 aliphatic heterocycles. The molecule has 2 aromatic heterocycles. The molecular weight excluding hydrogens is 416 g/mol. The number of pyridine rings is 1. The zero-order chi connectivity index (χ0) is 19.9. The average Bonchev–Trinajstić information content (AvgIpc) is 2.68. The van der Waals surface area contributed by atoms with Gasteiger partial charge in [0.2, 0.25) is 5.95 Å². The maximum Gasteiger partial charge on any atom is 0.225 e. The summed E-state index contributed by atoms with van der Waals surface area (Å²) < 4.78 is 0.992. The topological polar surface area (TPSA) is 66.0 Å². The summed E-state index contributed by atoms with van der Waals surface area (Å²) in [5.41, 5.74) is 3.73. The van der Waals surface area contributed by atoms with E-state index in [1.807, 2.05) is 30.3 Å². The third-order valence-electron chi connectivity index (χ3n) is 4.11. The van der Waals surface area contributed by atoms with E-state index in [-0.39, 0.29) is 0 Å². The van der Waals surface area contributed by atoms with Gasteiger partial charge in [0, 0.05) is 23.3 Å². The first-order valence-electron chi connectivity index (χ1n) is 9.23. The second-order valence-electron chi connectivity index (χ2n) is 6.87. The van der Waals surface area contributed by atoms with Gasteiger partial charge in [-0.3, -0.25) is 4.98 Å². The van der Waals surface area contributed by atoms with E-state index < -0.39 is 0 Å². The number of nitrogens with one attached hydrogen (secondary N) is 2. The summed E-state index contributed by atoms with van der Waals surface area (Å²) in [5.74, 6) is 1.31. The fourth-order valence-electron chi connectivity index (χ4n) is 2.69. The molecule has 0 aliphatic carbocycles. The van der Waals surface area contributed by atoms with Gasteiger partial charge in [0.05, 0.1) is 17.1 Å². The normalized spacial score (nSPS) is 10.9. The van der Waals surface area contributed by atoms with Crippen LogP contribution in [0.25, 0.3) is 11.4 Å². The van der Waals surface area contributed by atoms with E-state index in [1.165, 1.54) is 5.56 Å². The van der Waals surface area contributed by atoms with Crippen LogP contribution in [-0.4, -0.2) is 47.0 Å². The molecule has 3 rings (SSSR count). The number of benzene rings is 1. The lowest BCUT2D eigenvalue weighted by Gasteiger charge is -2.13. The maximum atomic E-state index is 4.65. The predicted octanol–water partition coefficient (Wildman–Crippen LogP) is 4.72. The Morgan fingerprint density at radius 3 is 2.61 bits per heavy atom. The van der Waals surface area contributed by atoms with E-state index in [9.17, 15) is 0 Å². The number of anilines is 3. The third-order valence-corrected chi connectivity index (χ3v) is 4.76. The second kappa shape index (κ2) is 9.61. The molecule has 146 valence electrons. The van der Waals surface area contributed by atoms with Gasteiger partial charge in [-0.1, -0.05) is 12.1 Å². The van der Waals surface area contributed by atoms with Crippen LogP contribution < -0.4 is 10.6 Å². The van der Waals surface area contributed by atoms with Gasteiger partial charge in [-0.2, -0.15) is 4.98 Å². The molecule has 0 spiro atoms. The van der Waals surface area contributed by atoms with Crippen LogP contribution in [-0.2, 0) is 0 Å². The monoisotopic (exact) mass is 440 g/mol. The first-order valence-corrected chi connectivity index (χ1v) is 10.0. The maximum absolute atomic E-state index is 4.65. The molecule has 28 heavy (non-hydrogen) atoms. The van der Waals surface area contributed by atoms with Crippen molar-refractivity contribution in [3.8, 4) is 11.4 Å². The second-order valence-corrected chi connectivity index (χ2v) is 7.72. The van der Waals surface area contributed by atoms with Crippen molar-refractivity contribution in [2.24, 2.45) is 0 Å². The molecule has 0 aliphatic rings. The molecule has 0 unspecified atom stereocenters. The molecule has 0 radical (unpaired) electrons. The van der Waals surface area contributed by atoms with Crippen molar-refractivity contribution in [2.75, 3.05) is 37.8 Å². The highest BCUT2D eigenvalue weighted by molar-refractivity contribution is 9.10. The Labute approximate surface area is 174 Å². The van der Waals surface area contributed by atoms with Gasteiger partial charge in [0.1, 0.15) is 5.82 Å². The molecule has 0 amide bonds. The van der Waals surface area contributed by atoms with Crippen molar-refractivity contribution in [1.82, 2.24) is 19.9 Å². The van der Waals surface area contributed by atoms with Crippen LogP contribution in [0.5, 0.6) is 0 Å². The summed E-state index contributed by atoms with van der Waals surface area (Å²) in [6, 6.07) is 13.9. The van der Waals surface area contributed by atoms with Gasteiger partial charge < -0.3 is 15.5 Å². The number of rotatable bonds is 8. The molecule has 3 aromatic rings. The van der Waals surface area contributed by atoms with Crippen LogP contribution in [0, 0.1) is 6.92 Å². The quantitative estimate of drug-likeness (QED) is 0.494. The fourth-order valence-corrected chi connectivity index (χ4v) is 3.28. The lowest BCUT2D eigenvalue weighted by Crippen LogP contribution is -2.17. The molecule has 2 heterocycles. The standard InChI is InChI=1S/C21H25BrN6/c1-15-8-9-17(16(22)13-15)25-20-14-19(18-7-4-5-10-23-18)26-21(27-20)24-11-6-12-28(2)3/h4-5,7-10,13-14H,6,11-12H2,1-3H3,(H2,24,25,26,27). The Balaban J connectivity index is 1.86. The zero-order valence-electron chi connectivity index (χ0n) is 16.4. The number of aromatic nitrogens is 3. The number of aryl methyl sites for hydroxylation is 1. The summed E-state index contributed by atoms with van der Waals surface area (Å²) in [7, 11) is 4.14. The molecule has 0 saturated heterocycles. The molecule has 1 aromatic carbocycles. The van der Waals surface area contributed by atoms with Crippen molar-refractivity contribution >= 4 is 33.4 Å². The molecular formula is C21H25BrN6. The van der Waals surface area contributed by atoms with Gasteiger partial charge >= 0.3 is 0 Å². The van der Waals surface area contributed by atoms with E-state index in [1.54, 1.807) is 6.20 Å². The minimum absolute atomic E-state index is 0.590. The van der Waals surface area contributed by atoms with Crippen LogP contribution in [0.3, 0.4) is 0 Å². The highest BCUT2D eigenvalue weighted by atomic mass is 79.9. The van der Waals surface area contributed by atoms with Crippen LogP contribution in [0.2, 0.25) is 0 Å². The number of halogens is 1. The summed E-state index contributed by atoms with van der Waals surface area (Å²) in [5, 5.41) is 6.72. The van der Waals surface area contributed by atoms with E-state index in [0.29, 0.717) is 5.95 Å². The SMILES string of the molecule is Cc1ccc(Nc2cc(-c3ccccn3)nc(NCCCN(C)C)n2)c(Br)c1. The molecule has 0 atom stereocenters. The smallest absolute Gasteiger partial charge is 0.225 e. The molecule has 0 bridgehead atoms. The number of nitrogens with zero attached hydrogens (tertiary/aromatic N) is 4. The number of hydrogen-bond donors (Lipinski definition) is 2. The third kappa shape index (κ3) is 5.74. The van der Waals surface area contributed by atoms with Crippen molar-refractivity contribution in [1.29, 1.82) is 0 Å².